The molecule has 1 amide bonds. The first-order chi connectivity index (χ1) is 11.1. The van der Waals surface area contributed by atoms with Gasteiger partial charge >= 0.3 is 12.1 Å². The summed E-state index contributed by atoms with van der Waals surface area (Å²) in [4.78, 5) is 23.3. The zero-order chi connectivity index (χ0) is 16.3. The van der Waals surface area contributed by atoms with Crippen LogP contribution < -0.4 is 5.32 Å². The van der Waals surface area contributed by atoms with Crippen molar-refractivity contribution in [3.8, 4) is 0 Å². The van der Waals surface area contributed by atoms with Crippen LogP contribution in [-0.2, 0) is 20.9 Å². The molecule has 2 aliphatic rings. The number of alkyl carbamates (subject to hydrolysis) is 1. The number of carbonyl (C=O) groups is 2. The minimum atomic E-state index is -0.919. The van der Waals surface area contributed by atoms with Gasteiger partial charge in [0.15, 0.2) is 0 Å². The summed E-state index contributed by atoms with van der Waals surface area (Å²) in [6.45, 7) is 0.878. The average Bonchev–Trinajstić information content (AvgIpc) is 2.52. The maximum Gasteiger partial charge on any atom is 0.407 e. The monoisotopic (exact) mass is 319 g/mol. The van der Waals surface area contributed by atoms with E-state index >= 15 is 0 Å². The summed E-state index contributed by atoms with van der Waals surface area (Å²) >= 11 is 0. The Morgan fingerprint density at radius 3 is 2.83 bits per heavy atom. The average molecular weight is 319 g/mol. The molecule has 1 aliphatic carbocycles. The van der Waals surface area contributed by atoms with E-state index in [-0.39, 0.29) is 25.0 Å². The number of ether oxygens (including phenoxy) is 2. The Hall–Kier alpha value is -2.08. The smallest absolute Gasteiger partial charge is 0.407 e. The van der Waals surface area contributed by atoms with Crippen LogP contribution in [0.15, 0.2) is 30.3 Å². The predicted octanol–water partition coefficient (Wildman–Crippen LogP) is 2.33. The Balaban J connectivity index is 1.60. The van der Waals surface area contributed by atoms with Crippen LogP contribution in [0.3, 0.4) is 0 Å². The zero-order valence-corrected chi connectivity index (χ0v) is 12.9. The summed E-state index contributed by atoms with van der Waals surface area (Å²) in [6.07, 6.45) is 1.68. The Morgan fingerprint density at radius 2 is 2.13 bits per heavy atom. The van der Waals surface area contributed by atoms with Gasteiger partial charge in [0.25, 0.3) is 0 Å². The lowest BCUT2D eigenvalue weighted by Crippen LogP contribution is -2.69. The quantitative estimate of drug-likeness (QED) is 0.870. The van der Waals surface area contributed by atoms with Crippen molar-refractivity contribution in [2.45, 2.75) is 43.9 Å². The molecule has 1 aromatic rings. The van der Waals surface area contributed by atoms with Crippen LogP contribution in [0.25, 0.3) is 0 Å². The van der Waals surface area contributed by atoms with Crippen LogP contribution >= 0.6 is 0 Å². The molecule has 1 saturated carbocycles. The number of rotatable bonds is 5. The summed E-state index contributed by atoms with van der Waals surface area (Å²) in [6, 6.07) is 9.38. The fraction of sp³-hybridized carbons (Fsp3) is 0.529. The van der Waals surface area contributed by atoms with Gasteiger partial charge < -0.3 is 19.9 Å². The molecule has 1 unspecified atom stereocenters. The van der Waals surface area contributed by atoms with Crippen molar-refractivity contribution in [1.82, 2.24) is 5.32 Å². The number of hydrogen-bond acceptors (Lipinski definition) is 4. The number of amides is 1. The van der Waals surface area contributed by atoms with Gasteiger partial charge in [-0.05, 0) is 24.8 Å². The molecule has 0 aromatic heterocycles. The summed E-state index contributed by atoms with van der Waals surface area (Å²) < 4.78 is 10.9. The normalized spacial score (nSPS) is 29.0. The first-order valence-corrected chi connectivity index (χ1v) is 7.91. The number of fused-ring (bicyclic) bond motifs is 1. The third kappa shape index (κ3) is 3.47. The maximum atomic E-state index is 12.1. The number of aliphatic carboxylic acids is 1. The molecule has 0 bridgehead atoms. The lowest BCUT2D eigenvalue weighted by Gasteiger charge is -2.56. The van der Waals surface area contributed by atoms with Crippen LogP contribution in [0.1, 0.15) is 31.2 Å². The van der Waals surface area contributed by atoms with Crippen molar-refractivity contribution >= 4 is 12.1 Å². The highest BCUT2D eigenvalue weighted by Crippen LogP contribution is 2.48. The van der Waals surface area contributed by atoms with E-state index in [0.717, 1.165) is 18.4 Å². The second-order valence-electron chi connectivity index (χ2n) is 6.28. The molecule has 6 heteroatoms. The SMILES string of the molecule is O=C(O)CC1(NC(=O)OCc2ccccc2)C[C@@H]2OCCC[C@@H]21. The predicted molar refractivity (Wildman–Crippen MR) is 81.8 cm³/mol. The molecule has 0 radical (unpaired) electrons. The molecular formula is C17H21NO5. The molecule has 1 aromatic carbocycles. The number of carboxylic acids is 1. The number of hydrogen-bond donors (Lipinski definition) is 2. The zero-order valence-electron chi connectivity index (χ0n) is 12.9. The Morgan fingerprint density at radius 1 is 1.35 bits per heavy atom. The summed E-state index contributed by atoms with van der Waals surface area (Å²) in [5.41, 5.74) is 0.146. The van der Waals surface area contributed by atoms with Crippen LogP contribution in [0, 0.1) is 5.92 Å². The number of carbonyl (C=O) groups excluding carboxylic acids is 1. The molecule has 1 saturated heterocycles. The molecule has 2 N–H and O–H groups in total. The highest BCUT2D eigenvalue weighted by molar-refractivity contribution is 5.73. The van der Waals surface area contributed by atoms with Crippen LogP contribution in [0.4, 0.5) is 4.79 Å². The summed E-state index contributed by atoms with van der Waals surface area (Å²) in [5, 5.41) is 12.0. The van der Waals surface area contributed by atoms with Gasteiger partial charge in [-0.2, -0.15) is 0 Å². The molecule has 3 rings (SSSR count). The van der Waals surface area contributed by atoms with Gasteiger partial charge in [-0.25, -0.2) is 4.79 Å². The van der Waals surface area contributed by atoms with E-state index in [9.17, 15) is 14.7 Å². The second-order valence-corrected chi connectivity index (χ2v) is 6.28. The molecular weight excluding hydrogens is 298 g/mol. The van der Waals surface area contributed by atoms with E-state index in [1.807, 2.05) is 30.3 Å². The number of nitrogens with one attached hydrogen (secondary N) is 1. The molecule has 23 heavy (non-hydrogen) atoms. The van der Waals surface area contributed by atoms with E-state index in [1.165, 1.54) is 0 Å². The Bertz CT molecular complexity index is 576. The lowest BCUT2D eigenvalue weighted by molar-refractivity contribution is -0.161. The van der Waals surface area contributed by atoms with Gasteiger partial charge in [-0.1, -0.05) is 30.3 Å². The van der Waals surface area contributed by atoms with E-state index in [2.05, 4.69) is 5.32 Å². The highest BCUT2D eigenvalue weighted by Gasteiger charge is 2.57. The van der Waals surface area contributed by atoms with Crippen molar-refractivity contribution in [3.05, 3.63) is 35.9 Å². The molecule has 1 aliphatic heterocycles. The minimum absolute atomic E-state index is 0.0524. The molecule has 3 atom stereocenters. The topological polar surface area (TPSA) is 84.9 Å². The van der Waals surface area contributed by atoms with Gasteiger partial charge in [0.1, 0.15) is 6.61 Å². The van der Waals surface area contributed by atoms with Crippen LogP contribution in [-0.4, -0.2) is 35.4 Å². The van der Waals surface area contributed by atoms with Crippen LogP contribution in [0.5, 0.6) is 0 Å². The number of carboxylic acid groups (broad SMARTS) is 1. The molecule has 1 heterocycles. The molecule has 0 spiro atoms. The summed E-state index contributed by atoms with van der Waals surface area (Å²) in [7, 11) is 0. The second kappa shape index (κ2) is 6.58. The maximum absolute atomic E-state index is 12.1. The van der Waals surface area contributed by atoms with Gasteiger partial charge in [0.2, 0.25) is 0 Å². The molecule has 124 valence electrons. The first-order valence-electron chi connectivity index (χ1n) is 7.91. The van der Waals surface area contributed by atoms with Gasteiger partial charge in [-0.3, -0.25) is 4.79 Å². The Labute approximate surface area is 134 Å². The van der Waals surface area contributed by atoms with Crippen molar-refractivity contribution < 1.29 is 24.2 Å². The van der Waals surface area contributed by atoms with E-state index < -0.39 is 17.6 Å². The Kier molecular flexibility index (Phi) is 4.52. The van der Waals surface area contributed by atoms with Gasteiger partial charge in [0.05, 0.1) is 18.1 Å². The minimum Gasteiger partial charge on any atom is -0.481 e. The third-order valence-corrected chi connectivity index (χ3v) is 4.75. The largest absolute Gasteiger partial charge is 0.481 e. The fourth-order valence-corrected chi connectivity index (χ4v) is 3.65. The third-order valence-electron chi connectivity index (χ3n) is 4.75. The highest BCUT2D eigenvalue weighted by atomic mass is 16.5. The fourth-order valence-electron chi connectivity index (χ4n) is 3.65. The van der Waals surface area contributed by atoms with Crippen molar-refractivity contribution in [2.24, 2.45) is 5.92 Å². The van der Waals surface area contributed by atoms with E-state index in [1.54, 1.807) is 0 Å². The van der Waals surface area contributed by atoms with Crippen LogP contribution in [0.2, 0.25) is 0 Å². The molecule has 2 fully saturated rings. The van der Waals surface area contributed by atoms with Crippen molar-refractivity contribution in [1.29, 1.82) is 0 Å². The standard InChI is InChI=1S/C17H21NO5/c19-15(20)10-17(9-14-13(17)7-4-8-22-14)18-16(21)23-11-12-5-2-1-3-6-12/h1-3,5-6,13-14H,4,7-11H2,(H,18,21)(H,19,20)/t13-,14-,17?/m0/s1. The van der Waals surface area contributed by atoms with Gasteiger partial charge in [-0.15, -0.1) is 0 Å². The van der Waals surface area contributed by atoms with E-state index in [4.69, 9.17) is 9.47 Å². The first kappa shape index (κ1) is 15.8. The van der Waals surface area contributed by atoms with Crippen molar-refractivity contribution in [3.63, 3.8) is 0 Å². The van der Waals surface area contributed by atoms with Crippen molar-refractivity contribution in [2.75, 3.05) is 6.61 Å². The lowest BCUT2D eigenvalue weighted by atomic mass is 9.60. The summed E-state index contributed by atoms with van der Waals surface area (Å²) in [5.74, 6) is -0.867. The van der Waals surface area contributed by atoms with Gasteiger partial charge in [0, 0.05) is 12.5 Å². The number of benzene rings is 1. The molecule has 6 nitrogen and oxygen atoms in total. The van der Waals surface area contributed by atoms with E-state index in [0.29, 0.717) is 13.0 Å².